The molecule has 1 saturated carbocycles. The molecule has 0 aliphatic heterocycles. The molecule has 6 heteroatoms. The Balaban J connectivity index is 2.06. The van der Waals surface area contributed by atoms with Gasteiger partial charge in [0, 0.05) is 32.3 Å². The van der Waals surface area contributed by atoms with Gasteiger partial charge >= 0.3 is 6.18 Å². The third kappa shape index (κ3) is 6.24. The molecule has 1 rings (SSSR count). The van der Waals surface area contributed by atoms with Crippen LogP contribution in [0.3, 0.4) is 0 Å². The van der Waals surface area contributed by atoms with Crippen molar-refractivity contribution in [2.75, 3.05) is 32.8 Å². The number of halogens is 3. The zero-order chi connectivity index (χ0) is 12.7. The average molecular weight is 254 g/mol. The van der Waals surface area contributed by atoms with Crippen molar-refractivity contribution in [2.24, 2.45) is 5.73 Å². The van der Waals surface area contributed by atoms with Gasteiger partial charge in [0.15, 0.2) is 0 Å². The van der Waals surface area contributed by atoms with E-state index in [1.54, 1.807) is 0 Å². The van der Waals surface area contributed by atoms with Crippen molar-refractivity contribution in [1.29, 1.82) is 0 Å². The maximum absolute atomic E-state index is 11.8. The van der Waals surface area contributed by atoms with Crippen LogP contribution in [0.5, 0.6) is 0 Å². The summed E-state index contributed by atoms with van der Waals surface area (Å²) < 4.78 is 40.0. The molecule has 0 aromatic carbocycles. The smallest absolute Gasteiger partial charge is 0.372 e. The molecule has 3 nitrogen and oxygen atoms in total. The number of nitrogens with zero attached hydrogens (tertiary/aromatic N) is 1. The third-order valence-electron chi connectivity index (χ3n) is 3.01. The highest BCUT2D eigenvalue weighted by Crippen LogP contribution is 2.24. The topological polar surface area (TPSA) is 38.5 Å². The first-order chi connectivity index (χ1) is 8.03. The molecule has 0 unspecified atom stereocenters. The molecule has 1 fully saturated rings. The number of ether oxygens (including phenoxy) is 1. The van der Waals surface area contributed by atoms with E-state index in [9.17, 15) is 13.2 Å². The lowest BCUT2D eigenvalue weighted by atomic mass is 9.91. The molecule has 0 atom stereocenters. The highest BCUT2D eigenvalue weighted by molar-refractivity contribution is 4.80. The fourth-order valence-corrected chi connectivity index (χ4v) is 1.95. The summed E-state index contributed by atoms with van der Waals surface area (Å²) in [6.45, 7) is 1.21. The maximum atomic E-state index is 11.8. The van der Waals surface area contributed by atoms with E-state index in [-0.39, 0.29) is 6.61 Å². The second-order valence-electron chi connectivity index (χ2n) is 4.43. The Labute approximate surface area is 100 Å². The van der Waals surface area contributed by atoms with Crippen LogP contribution in [-0.2, 0) is 4.74 Å². The van der Waals surface area contributed by atoms with Gasteiger partial charge in [0.25, 0.3) is 0 Å². The van der Waals surface area contributed by atoms with Crippen molar-refractivity contribution >= 4 is 0 Å². The first-order valence-corrected chi connectivity index (χ1v) is 6.11. The molecule has 0 heterocycles. The van der Waals surface area contributed by atoms with Crippen molar-refractivity contribution in [3.8, 4) is 0 Å². The minimum absolute atomic E-state index is 0.160. The molecular formula is C11H21F3N2O. The summed E-state index contributed by atoms with van der Waals surface area (Å²) in [5.74, 6) is 0. The number of rotatable bonds is 8. The molecule has 0 radical (unpaired) electrons. The van der Waals surface area contributed by atoms with Gasteiger partial charge in [-0.15, -0.1) is 0 Å². The molecule has 1 aliphatic carbocycles. The molecular weight excluding hydrogens is 233 g/mol. The van der Waals surface area contributed by atoms with Crippen LogP contribution >= 0.6 is 0 Å². The van der Waals surface area contributed by atoms with E-state index in [2.05, 4.69) is 9.64 Å². The molecule has 0 aromatic heterocycles. The van der Waals surface area contributed by atoms with Gasteiger partial charge in [-0.25, -0.2) is 0 Å². The van der Waals surface area contributed by atoms with Crippen LogP contribution in [0, 0.1) is 0 Å². The Bertz CT molecular complexity index is 207. The zero-order valence-electron chi connectivity index (χ0n) is 10.0. The molecule has 0 saturated heterocycles. The quantitative estimate of drug-likeness (QED) is 0.671. The Morgan fingerprint density at radius 1 is 1.24 bits per heavy atom. The molecule has 1 aliphatic rings. The second kappa shape index (κ2) is 7.18. The lowest BCUT2D eigenvalue weighted by Gasteiger charge is -2.37. The largest absolute Gasteiger partial charge is 0.411 e. The summed E-state index contributed by atoms with van der Waals surface area (Å²) in [6.07, 6.45) is 0.0284. The maximum Gasteiger partial charge on any atom is 0.411 e. The predicted molar refractivity (Wildman–Crippen MR) is 59.8 cm³/mol. The van der Waals surface area contributed by atoms with Gasteiger partial charge in [0.2, 0.25) is 0 Å². The van der Waals surface area contributed by atoms with Gasteiger partial charge in [0.05, 0.1) is 0 Å². The van der Waals surface area contributed by atoms with E-state index in [1.807, 2.05) is 0 Å². The molecule has 0 spiro atoms. The summed E-state index contributed by atoms with van der Waals surface area (Å²) in [5.41, 5.74) is 5.51. The van der Waals surface area contributed by atoms with Crippen LogP contribution < -0.4 is 5.73 Å². The van der Waals surface area contributed by atoms with Crippen molar-refractivity contribution < 1.29 is 17.9 Å². The molecule has 17 heavy (non-hydrogen) atoms. The van der Waals surface area contributed by atoms with Gasteiger partial charge in [-0.2, -0.15) is 13.2 Å². The Hall–Kier alpha value is -0.330. The number of nitrogens with two attached hydrogens (primary N) is 1. The summed E-state index contributed by atoms with van der Waals surface area (Å²) in [7, 11) is 0. The number of alkyl halides is 3. The van der Waals surface area contributed by atoms with Crippen LogP contribution in [0.4, 0.5) is 13.2 Å². The van der Waals surface area contributed by atoms with Crippen molar-refractivity contribution in [3.63, 3.8) is 0 Å². The summed E-state index contributed by atoms with van der Waals surface area (Å²) in [4.78, 5) is 2.26. The number of hydrogen-bond acceptors (Lipinski definition) is 3. The SMILES string of the molecule is NCCN(CCCOCC(F)(F)F)C1CCC1. The average Bonchev–Trinajstić information content (AvgIpc) is 2.12. The lowest BCUT2D eigenvalue weighted by molar-refractivity contribution is -0.174. The van der Waals surface area contributed by atoms with E-state index >= 15 is 0 Å². The van der Waals surface area contributed by atoms with Crippen LogP contribution in [0.15, 0.2) is 0 Å². The summed E-state index contributed by atoms with van der Waals surface area (Å²) in [5, 5.41) is 0. The van der Waals surface area contributed by atoms with E-state index in [0.717, 1.165) is 13.1 Å². The van der Waals surface area contributed by atoms with Crippen molar-refractivity contribution in [2.45, 2.75) is 37.9 Å². The number of hydrogen-bond donors (Lipinski definition) is 1. The van der Waals surface area contributed by atoms with Crippen LogP contribution in [0.2, 0.25) is 0 Å². The van der Waals surface area contributed by atoms with Gasteiger partial charge in [-0.05, 0) is 19.3 Å². The monoisotopic (exact) mass is 254 g/mol. The highest BCUT2D eigenvalue weighted by atomic mass is 19.4. The van der Waals surface area contributed by atoms with Crippen LogP contribution in [0.25, 0.3) is 0 Å². The zero-order valence-corrected chi connectivity index (χ0v) is 10.0. The fourth-order valence-electron chi connectivity index (χ4n) is 1.95. The minimum Gasteiger partial charge on any atom is -0.372 e. The predicted octanol–water partition coefficient (Wildman–Crippen LogP) is 1.77. The normalized spacial score (nSPS) is 17.5. The molecule has 102 valence electrons. The van der Waals surface area contributed by atoms with Crippen LogP contribution in [0.1, 0.15) is 25.7 Å². The summed E-state index contributed by atoms with van der Waals surface area (Å²) >= 11 is 0. The van der Waals surface area contributed by atoms with Crippen molar-refractivity contribution in [1.82, 2.24) is 4.90 Å². The lowest BCUT2D eigenvalue weighted by Crippen LogP contribution is -2.43. The Morgan fingerprint density at radius 3 is 2.41 bits per heavy atom. The third-order valence-corrected chi connectivity index (χ3v) is 3.01. The van der Waals surface area contributed by atoms with E-state index in [1.165, 1.54) is 19.3 Å². The molecule has 0 aromatic rings. The van der Waals surface area contributed by atoms with E-state index in [0.29, 0.717) is 19.0 Å². The first-order valence-electron chi connectivity index (χ1n) is 6.11. The fraction of sp³-hybridized carbons (Fsp3) is 1.00. The molecule has 0 bridgehead atoms. The van der Waals surface area contributed by atoms with Crippen molar-refractivity contribution in [3.05, 3.63) is 0 Å². The van der Waals surface area contributed by atoms with E-state index < -0.39 is 12.8 Å². The molecule has 2 N–H and O–H groups in total. The Morgan fingerprint density at radius 2 is 1.94 bits per heavy atom. The Kier molecular flexibility index (Phi) is 6.22. The van der Waals surface area contributed by atoms with Crippen LogP contribution in [-0.4, -0.2) is 50.0 Å². The van der Waals surface area contributed by atoms with Gasteiger partial charge in [-0.3, -0.25) is 4.90 Å². The van der Waals surface area contributed by atoms with Gasteiger partial charge in [-0.1, -0.05) is 6.42 Å². The highest BCUT2D eigenvalue weighted by Gasteiger charge is 2.27. The summed E-state index contributed by atoms with van der Waals surface area (Å²) in [6, 6.07) is 0.584. The second-order valence-corrected chi connectivity index (χ2v) is 4.43. The first kappa shape index (κ1) is 14.7. The van der Waals surface area contributed by atoms with Gasteiger partial charge < -0.3 is 10.5 Å². The van der Waals surface area contributed by atoms with E-state index in [4.69, 9.17) is 5.73 Å². The standard InChI is InChI=1S/C11H21F3N2O/c12-11(13,14)9-17-8-2-6-16(7-5-15)10-3-1-4-10/h10H,1-9,15H2. The van der Waals surface area contributed by atoms with Gasteiger partial charge in [0.1, 0.15) is 6.61 Å². The molecule has 0 amide bonds. The minimum atomic E-state index is -4.22.